The van der Waals surface area contributed by atoms with Gasteiger partial charge in [-0.1, -0.05) is 34.1 Å². The molecule has 0 N–H and O–H groups in total. The molecule has 0 atom stereocenters. The van der Waals surface area contributed by atoms with Crippen LogP contribution in [0.3, 0.4) is 0 Å². The molecule has 0 unspecified atom stereocenters. The van der Waals surface area contributed by atoms with Crippen LogP contribution in [0, 0.1) is 11.6 Å². The summed E-state index contributed by atoms with van der Waals surface area (Å²) < 4.78 is 32.4. The van der Waals surface area contributed by atoms with E-state index < -0.39 is 0 Å². The third-order valence-corrected chi connectivity index (χ3v) is 2.86. The van der Waals surface area contributed by atoms with Gasteiger partial charge < -0.3 is 4.74 Å². The minimum absolute atomic E-state index is 0.167. The van der Waals surface area contributed by atoms with Gasteiger partial charge in [-0.2, -0.15) is 0 Å². The normalized spacial score (nSPS) is 10.6. The molecule has 0 saturated carbocycles. The lowest BCUT2D eigenvalue weighted by molar-refractivity contribution is 0.104. The Kier molecular flexibility index (Phi) is 4.44. The summed E-state index contributed by atoms with van der Waals surface area (Å²) in [5.74, 6) is -0.619. The first-order valence-corrected chi connectivity index (χ1v) is 6.20. The summed E-state index contributed by atoms with van der Waals surface area (Å²) in [5, 5.41) is 0. The summed E-state index contributed by atoms with van der Waals surface area (Å²) in [6.07, 6.45) is 0. The number of halogens is 3. The van der Waals surface area contributed by atoms with E-state index in [1.165, 1.54) is 18.2 Å². The molecule has 0 fully saturated rings. The van der Waals surface area contributed by atoms with Gasteiger partial charge in [0.1, 0.15) is 11.6 Å². The Hall–Kier alpha value is -1.26. The summed E-state index contributed by atoms with van der Waals surface area (Å²) in [4.78, 5) is 0. The summed E-state index contributed by atoms with van der Waals surface area (Å²) in [6.45, 7) is 0.408. The molecule has 0 radical (unpaired) electrons. The van der Waals surface area contributed by atoms with Gasteiger partial charge in [0.2, 0.25) is 0 Å². The van der Waals surface area contributed by atoms with E-state index in [2.05, 4.69) is 15.9 Å². The molecule has 0 aliphatic rings. The fourth-order valence-corrected chi connectivity index (χ4v) is 2.10. The van der Waals surface area contributed by atoms with Crippen molar-refractivity contribution in [2.75, 3.05) is 0 Å². The Morgan fingerprint density at radius 1 is 1.00 bits per heavy atom. The summed E-state index contributed by atoms with van der Waals surface area (Å²) in [6, 6.07) is 11.0. The smallest absolute Gasteiger partial charge is 0.128 e. The van der Waals surface area contributed by atoms with Gasteiger partial charge in [-0.05, 0) is 29.8 Å². The topological polar surface area (TPSA) is 9.23 Å². The Morgan fingerprint density at radius 3 is 2.50 bits per heavy atom. The second-order valence-electron chi connectivity index (χ2n) is 3.86. The van der Waals surface area contributed by atoms with Gasteiger partial charge >= 0.3 is 0 Å². The van der Waals surface area contributed by atoms with Gasteiger partial charge in [0.05, 0.1) is 13.2 Å². The molecule has 2 rings (SSSR count). The minimum atomic E-state index is -0.325. The van der Waals surface area contributed by atoms with Crippen molar-refractivity contribution in [1.82, 2.24) is 0 Å². The van der Waals surface area contributed by atoms with E-state index in [0.29, 0.717) is 15.6 Å². The van der Waals surface area contributed by atoms with Crippen LogP contribution >= 0.6 is 15.9 Å². The standard InChI is InChI=1S/C14H11BrF2O/c15-12-5-10(6-13(16)7-12)8-18-9-11-3-1-2-4-14(11)17/h1-7H,8-9H2. The maximum Gasteiger partial charge on any atom is 0.128 e. The molecule has 0 aliphatic carbocycles. The molecule has 0 heterocycles. The SMILES string of the molecule is Fc1cc(Br)cc(COCc2ccccc2F)c1. The molecule has 0 aromatic heterocycles. The average molecular weight is 313 g/mol. The first-order valence-electron chi connectivity index (χ1n) is 5.41. The monoisotopic (exact) mass is 312 g/mol. The Labute approximate surface area is 113 Å². The maximum atomic E-state index is 13.3. The lowest BCUT2D eigenvalue weighted by Crippen LogP contribution is -1.97. The largest absolute Gasteiger partial charge is 0.372 e. The van der Waals surface area contributed by atoms with Gasteiger partial charge in [0, 0.05) is 10.0 Å². The third-order valence-electron chi connectivity index (χ3n) is 2.41. The van der Waals surface area contributed by atoms with Crippen LogP contribution in [-0.4, -0.2) is 0 Å². The van der Waals surface area contributed by atoms with Crippen LogP contribution in [0.4, 0.5) is 8.78 Å². The van der Waals surface area contributed by atoms with Gasteiger partial charge in [0.15, 0.2) is 0 Å². The number of rotatable bonds is 4. The molecule has 0 saturated heterocycles. The van der Waals surface area contributed by atoms with Crippen LogP contribution in [0.25, 0.3) is 0 Å². The van der Waals surface area contributed by atoms with Crippen LogP contribution in [0.5, 0.6) is 0 Å². The molecule has 2 aromatic carbocycles. The Bertz CT molecular complexity index is 523. The molecular formula is C14H11BrF2O. The van der Waals surface area contributed by atoms with Gasteiger partial charge in [-0.15, -0.1) is 0 Å². The van der Waals surface area contributed by atoms with Crippen molar-refractivity contribution in [2.45, 2.75) is 13.2 Å². The third kappa shape index (κ3) is 3.62. The molecule has 2 aromatic rings. The summed E-state index contributed by atoms with van der Waals surface area (Å²) >= 11 is 3.21. The highest BCUT2D eigenvalue weighted by molar-refractivity contribution is 9.10. The molecule has 0 spiro atoms. The van der Waals surface area contributed by atoms with E-state index in [4.69, 9.17) is 4.74 Å². The fraction of sp³-hybridized carbons (Fsp3) is 0.143. The zero-order chi connectivity index (χ0) is 13.0. The van der Waals surface area contributed by atoms with Crippen LogP contribution in [0.2, 0.25) is 0 Å². The first kappa shape index (κ1) is 13.2. The highest BCUT2D eigenvalue weighted by Gasteiger charge is 2.02. The van der Waals surface area contributed by atoms with Gasteiger partial charge in [-0.3, -0.25) is 0 Å². The van der Waals surface area contributed by atoms with E-state index in [1.807, 2.05) is 0 Å². The zero-order valence-electron chi connectivity index (χ0n) is 9.50. The van der Waals surface area contributed by atoms with Crippen LogP contribution in [-0.2, 0) is 18.0 Å². The van der Waals surface area contributed by atoms with Gasteiger partial charge in [0.25, 0.3) is 0 Å². The van der Waals surface area contributed by atoms with E-state index in [9.17, 15) is 8.78 Å². The zero-order valence-corrected chi connectivity index (χ0v) is 11.1. The molecule has 1 nitrogen and oxygen atoms in total. The number of hydrogen-bond acceptors (Lipinski definition) is 1. The predicted octanol–water partition coefficient (Wildman–Crippen LogP) is 4.44. The van der Waals surface area contributed by atoms with E-state index in [1.54, 1.807) is 24.3 Å². The average Bonchev–Trinajstić information content (AvgIpc) is 2.30. The van der Waals surface area contributed by atoms with Crippen molar-refractivity contribution < 1.29 is 13.5 Å². The molecule has 0 bridgehead atoms. The van der Waals surface area contributed by atoms with Crippen LogP contribution < -0.4 is 0 Å². The number of ether oxygens (including phenoxy) is 1. The van der Waals surface area contributed by atoms with Crippen molar-refractivity contribution in [1.29, 1.82) is 0 Å². The lowest BCUT2D eigenvalue weighted by atomic mass is 10.2. The second kappa shape index (κ2) is 6.07. The lowest BCUT2D eigenvalue weighted by Gasteiger charge is -2.06. The van der Waals surface area contributed by atoms with Crippen LogP contribution in [0.1, 0.15) is 11.1 Å². The summed E-state index contributed by atoms with van der Waals surface area (Å²) in [5.41, 5.74) is 1.20. The van der Waals surface area contributed by atoms with Crippen molar-refractivity contribution in [2.24, 2.45) is 0 Å². The Balaban J connectivity index is 1.94. The quantitative estimate of drug-likeness (QED) is 0.810. The second-order valence-corrected chi connectivity index (χ2v) is 4.78. The van der Waals surface area contributed by atoms with Crippen LogP contribution in [0.15, 0.2) is 46.9 Å². The van der Waals surface area contributed by atoms with Crippen molar-refractivity contribution in [3.8, 4) is 0 Å². The molecule has 4 heteroatoms. The molecule has 18 heavy (non-hydrogen) atoms. The maximum absolute atomic E-state index is 13.3. The predicted molar refractivity (Wildman–Crippen MR) is 69.0 cm³/mol. The highest BCUT2D eigenvalue weighted by atomic mass is 79.9. The van der Waals surface area contributed by atoms with E-state index in [-0.39, 0.29) is 24.8 Å². The van der Waals surface area contributed by atoms with Crippen molar-refractivity contribution in [3.63, 3.8) is 0 Å². The van der Waals surface area contributed by atoms with E-state index >= 15 is 0 Å². The first-order chi connectivity index (χ1) is 8.65. The Morgan fingerprint density at radius 2 is 1.78 bits per heavy atom. The van der Waals surface area contributed by atoms with Crippen molar-refractivity contribution >= 4 is 15.9 Å². The molecule has 0 aliphatic heterocycles. The summed E-state index contributed by atoms with van der Waals surface area (Å²) in [7, 11) is 0. The molecule has 94 valence electrons. The fourth-order valence-electron chi connectivity index (χ4n) is 1.59. The molecule has 0 amide bonds. The highest BCUT2D eigenvalue weighted by Crippen LogP contribution is 2.16. The number of hydrogen-bond donors (Lipinski definition) is 0. The minimum Gasteiger partial charge on any atom is -0.372 e. The van der Waals surface area contributed by atoms with Crippen molar-refractivity contribution in [3.05, 3.63) is 69.7 Å². The number of benzene rings is 2. The molecular weight excluding hydrogens is 302 g/mol. The van der Waals surface area contributed by atoms with E-state index in [0.717, 1.165) is 0 Å². The van der Waals surface area contributed by atoms with Gasteiger partial charge in [-0.25, -0.2) is 8.78 Å².